The lowest BCUT2D eigenvalue weighted by Crippen LogP contribution is -2.44. The summed E-state index contributed by atoms with van der Waals surface area (Å²) in [5.41, 5.74) is 3.51. The van der Waals surface area contributed by atoms with Gasteiger partial charge in [0, 0.05) is 32.9 Å². The van der Waals surface area contributed by atoms with Crippen molar-refractivity contribution in [1.82, 2.24) is 18.4 Å². The zero-order valence-corrected chi connectivity index (χ0v) is 14.6. The number of hydrogen-bond donors (Lipinski definition) is 0. The Morgan fingerprint density at radius 2 is 1.86 bits per heavy atom. The summed E-state index contributed by atoms with van der Waals surface area (Å²) in [4.78, 5) is 0. The molecule has 0 radical (unpaired) electrons. The molecule has 1 heterocycles. The molecule has 0 saturated heterocycles. The van der Waals surface area contributed by atoms with Gasteiger partial charge in [0.25, 0.3) is 10.2 Å². The third kappa shape index (κ3) is 2.70. The van der Waals surface area contributed by atoms with Crippen molar-refractivity contribution in [2.24, 2.45) is 7.05 Å². The van der Waals surface area contributed by atoms with Crippen molar-refractivity contribution in [2.45, 2.75) is 57.5 Å². The van der Waals surface area contributed by atoms with Crippen LogP contribution in [0.2, 0.25) is 0 Å². The van der Waals surface area contributed by atoms with E-state index in [1.165, 1.54) is 15.6 Å². The van der Waals surface area contributed by atoms with Gasteiger partial charge in [-0.2, -0.15) is 22.1 Å². The molecule has 1 aromatic rings. The predicted octanol–water partition coefficient (Wildman–Crippen LogP) is 1.46. The first kappa shape index (κ1) is 16.0. The zero-order chi connectivity index (χ0) is 15.9. The first-order valence-corrected chi connectivity index (χ1v) is 9.54. The quantitative estimate of drug-likeness (QED) is 0.823. The lowest BCUT2D eigenvalue weighted by Gasteiger charge is -2.30. The number of nitrogens with zero attached hydrogens (tertiary/aromatic N) is 4. The van der Waals surface area contributed by atoms with Gasteiger partial charge in [-0.15, -0.1) is 0 Å². The molecule has 0 aliphatic heterocycles. The third-order valence-corrected chi connectivity index (χ3v) is 6.94. The molecular formula is C15H26N4O2S. The van der Waals surface area contributed by atoms with E-state index in [1.807, 2.05) is 11.7 Å². The standard InChI is InChI=1S/C15H26N4O2S/c1-17(2)22(20,21)19(12-7-4-5-8-12)11-14-13-9-6-10-15(13)18(3)16-14/h12H,4-11H2,1-3H3. The second kappa shape index (κ2) is 5.94. The second-order valence-electron chi connectivity index (χ2n) is 6.62. The van der Waals surface area contributed by atoms with Crippen molar-refractivity contribution >= 4 is 10.2 Å². The number of aryl methyl sites for hydroxylation is 1. The maximum atomic E-state index is 12.7. The van der Waals surface area contributed by atoms with E-state index < -0.39 is 10.2 Å². The second-order valence-corrected chi connectivity index (χ2v) is 8.72. The average Bonchev–Trinajstić information content (AvgIpc) is 3.15. The fraction of sp³-hybridized carbons (Fsp3) is 0.800. The van der Waals surface area contributed by atoms with E-state index >= 15 is 0 Å². The molecule has 1 fully saturated rings. The maximum Gasteiger partial charge on any atom is 0.282 e. The molecule has 124 valence electrons. The Morgan fingerprint density at radius 1 is 1.18 bits per heavy atom. The van der Waals surface area contributed by atoms with Gasteiger partial charge in [-0.3, -0.25) is 4.68 Å². The van der Waals surface area contributed by atoms with Crippen LogP contribution in [0.5, 0.6) is 0 Å². The SMILES string of the molecule is CN(C)S(=O)(=O)N(Cc1nn(C)c2c1CCC2)C1CCCC1. The number of aromatic nitrogens is 2. The van der Waals surface area contributed by atoms with Crippen molar-refractivity contribution in [3.05, 3.63) is 17.0 Å². The van der Waals surface area contributed by atoms with Gasteiger partial charge in [0.05, 0.1) is 12.2 Å². The Balaban J connectivity index is 1.92. The fourth-order valence-corrected chi connectivity index (χ4v) is 5.07. The van der Waals surface area contributed by atoms with Gasteiger partial charge in [-0.05, 0) is 37.7 Å². The molecule has 2 aliphatic rings. The Kier molecular flexibility index (Phi) is 4.31. The van der Waals surface area contributed by atoms with Crippen LogP contribution < -0.4 is 0 Å². The van der Waals surface area contributed by atoms with Crippen molar-refractivity contribution in [2.75, 3.05) is 14.1 Å². The smallest absolute Gasteiger partial charge is 0.272 e. The minimum absolute atomic E-state index is 0.117. The molecule has 0 aromatic carbocycles. The third-order valence-electron chi connectivity index (χ3n) is 4.99. The maximum absolute atomic E-state index is 12.7. The summed E-state index contributed by atoms with van der Waals surface area (Å²) in [6, 6.07) is 0.117. The van der Waals surface area contributed by atoms with Crippen LogP contribution in [-0.2, 0) is 36.6 Å². The molecule has 1 saturated carbocycles. The van der Waals surface area contributed by atoms with E-state index in [1.54, 1.807) is 18.4 Å². The molecule has 0 amide bonds. The summed E-state index contributed by atoms with van der Waals surface area (Å²) in [5.74, 6) is 0. The topological polar surface area (TPSA) is 58.4 Å². The highest BCUT2D eigenvalue weighted by Crippen LogP contribution is 2.31. The van der Waals surface area contributed by atoms with Gasteiger partial charge in [-0.25, -0.2) is 0 Å². The molecule has 3 rings (SSSR count). The number of fused-ring (bicyclic) bond motifs is 1. The van der Waals surface area contributed by atoms with Crippen LogP contribution in [0.15, 0.2) is 0 Å². The highest BCUT2D eigenvalue weighted by Gasteiger charge is 2.35. The van der Waals surface area contributed by atoms with Crippen molar-refractivity contribution in [3.8, 4) is 0 Å². The van der Waals surface area contributed by atoms with Gasteiger partial charge >= 0.3 is 0 Å². The predicted molar refractivity (Wildman–Crippen MR) is 85.6 cm³/mol. The lowest BCUT2D eigenvalue weighted by molar-refractivity contribution is 0.291. The Hall–Kier alpha value is -0.920. The van der Waals surface area contributed by atoms with Gasteiger partial charge in [-0.1, -0.05) is 12.8 Å². The minimum Gasteiger partial charge on any atom is -0.272 e. The molecular weight excluding hydrogens is 300 g/mol. The summed E-state index contributed by atoms with van der Waals surface area (Å²) in [7, 11) is 1.78. The minimum atomic E-state index is -3.41. The summed E-state index contributed by atoms with van der Waals surface area (Å²) >= 11 is 0. The normalized spacial score (nSPS) is 19.5. The fourth-order valence-electron chi connectivity index (χ4n) is 3.77. The van der Waals surface area contributed by atoms with Crippen molar-refractivity contribution in [3.63, 3.8) is 0 Å². The van der Waals surface area contributed by atoms with Gasteiger partial charge in [0.15, 0.2) is 0 Å². The molecule has 0 atom stereocenters. The summed E-state index contributed by atoms with van der Waals surface area (Å²) in [6.07, 6.45) is 7.39. The summed E-state index contributed by atoms with van der Waals surface area (Å²) in [5, 5.41) is 4.61. The Labute approximate surface area is 133 Å². The van der Waals surface area contributed by atoms with Gasteiger partial charge in [0.1, 0.15) is 0 Å². The van der Waals surface area contributed by atoms with Crippen LogP contribution >= 0.6 is 0 Å². The Bertz CT molecular complexity index is 645. The lowest BCUT2D eigenvalue weighted by atomic mass is 10.2. The van der Waals surface area contributed by atoms with Crippen LogP contribution in [0.4, 0.5) is 0 Å². The summed E-state index contributed by atoms with van der Waals surface area (Å²) < 4.78 is 30.4. The monoisotopic (exact) mass is 326 g/mol. The van der Waals surface area contributed by atoms with E-state index in [0.29, 0.717) is 6.54 Å². The van der Waals surface area contributed by atoms with Crippen molar-refractivity contribution < 1.29 is 8.42 Å². The van der Waals surface area contributed by atoms with E-state index in [-0.39, 0.29) is 6.04 Å². The highest BCUT2D eigenvalue weighted by molar-refractivity contribution is 7.86. The molecule has 0 spiro atoms. The average molecular weight is 326 g/mol. The number of hydrogen-bond acceptors (Lipinski definition) is 3. The molecule has 2 aliphatic carbocycles. The van der Waals surface area contributed by atoms with Crippen molar-refractivity contribution in [1.29, 1.82) is 0 Å². The van der Waals surface area contributed by atoms with Crippen LogP contribution in [0.25, 0.3) is 0 Å². The Morgan fingerprint density at radius 3 is 2.50 bits per heavy atom. The van der Waals surface area contributed by atoms with E-state index in [4.69, 9.17) is 0 Å². The molecule has 0 bridgehead atoms. The molecule has 0 N–H and O–H groups in total. The van der Waals surface area contributed by atoms with Crippen LogP contribution in [0.3, 0.4) is 0 Å². The largest absolute Gasteiger partial charge is 0.282 e. The van der Waals surface area contributed by atoms with E-state index in [9.17, 15) is 8.42 Å². The van der Waals surface area contributed by atoms with Crippen LogP contribution in [0, 0.1) is 0 Å². The first-order chi connectivity index (χ1) is 10.4. The molecule has 7 heteroatoms. The highest BCUT2D eigenvalue weighted by atomic mass is 32.2. The first-order valence-electron chi connectivity index (χ1n) is 8.14. The molecule has 6 nitrogen and oxygen atoms in total. The van der Waals surface area contributed by atoms with Gasteiger partial charge in [0.2, 0.25) is 0 Å². The van der Waals surface area contributed by atoms with Gasteiger partial charge < -0.3 is 0 Å². The summed E-state index contributed by atoms with van der Waals surface area (Å²) in [6.45, 7) is 0.411. The molecule has 0 unspecified atom stereocenters. The molecule has 1 aromatic heterocycles. The zero-order valence-electron chi connectivity index (χ0n) is 13.7. The van der Waals surface area contributed by atoms with E-state index in [2.05, 4.69) is 5.10 Å². The molecule has 22 heavy (non-hydrogen) atoms. The number of rotatable bonds is 5. The van der Waals surface area contributed by atoms with E-state index in [0.717, 1.165) is 50.6 Å². The van der Waals surface area contributed by atoms with Crippen LogP contribution in [-0.4, -0.2) is 46.9 Å². The van der Waals surface area contributed by atoms with Crippen LogP contribution in [0.1, 0.15) is 49.1 Å².